The minimum atomic E-state index is 0.210. The molecular formula is C30H20N2O. The highest BCUT2D eigenvalue weighted by atomic mass is 16.3. The number of phenols is 1. The first kappa shape index (κ1) is 19.2. The molecule has 0 saturated carbocycles. The van der Waals surface area contributed by atoms with Gasteiger partial charge >= 0.3 is 0 Å². The highest BCUT2D eigenvalue weighted by Crippen LogP contribution is 2.38. The number of para-hydroxylation sites is 1. The van der Waals surface area contributed by atoms with E-state index in [2.05, 4.69) is 48.5 Å². The van der Waals surface area contributed by atoms with Crippen LogP contribution in [0, 0.1) is 0 Å². The Kier molecular flexibility index (Phi) is 4.59. The number of benzene rings is 4. The van der Waals surface area contributed by atoms with Crippen LogP contribution in [0.3, 0.4) is 0 Å². The second-order valence-corrected chi connectivity index (χ2v) is 8.02. The maximum atomic E-state index is 10.5. The lowest BCUT2D eigenvalue weighted by atomic mass is 9.95. The average molecular weight is 425 g/mol. The van der Waals surface area contributed by atoms with Gasteiger partial charge in [0.25, 0.3) is 0 Å². The zero-order valence-electron chi connectivity index (χ0n) is 17.8. The van der Waals surface area contributed by atoms with E-state index in [0.29, 0.717) is 5.56 Å². The first-order chi connectivity index (χ1) is 16.3. The van der Waals surface area contributed by atoms with E-state index >= 15 is 0 Å². The lowest BCUT2D eigenvalue weighted by Crippen LogP contribution is -1.93. The molecule has 0 aliphatic heterocycles. The molecule has 6 aromatic rings. The molecule has 3 nitrogen and oxygen atoms in total. The second kappa shape index (κ2) is 7.88. The van der Waals surface area contributed by atoms with Crippen LogP contribution in [0.1, 0.15) is 0 Å². The Bertz CT molecular complexity index is 1610. The molecule has 6 rings (SSSR count). The molecular weight excluding hydrogens is 404 g/mol. The molecule has 2 heterocycles. The number of aromatic hydroxyl groups is 1. The van der Waals surface area contributed by atoms with Gasteiger partial charge in [-0.15, -0.1) is 0 Å². The third kappa shape index (κ3) is 3.31. The minimum Gasteiger partial charge on any atom is -0.507 e. The molecule has 156 valence electrons. The second-order valence-electron chi connectivity index (χ2n) is 8.02. The predicted octanol–water partition coefficient (Wildman–Crippen LogP) is 7.49. The highest BCUT2D eigenvalue weighted by Gasteiger charge is 2.16. The molecule has 1 N–H and O–H groups in total. The van der Waals surface area contributed by atoms with Crippen molar-refractivity contribution in [2.45, 2.75) is 0 Å². The third-order valence-corrected chi connectivity index (χ3v) is 6.04. The Morgan fingerprint density at radius 2 is 1.12 bits per heavy atom. The Morgan fingerprint density at radius 1 is 0.515 bits per heavy atom. The van der Waals surface area contributed by atoms with Gasteiger partial charge in [0.2, 0.25) is 0 Å². The van der Waals surface area contributed by atoms with Crippen molar-refractivity contribution in [1.29, 1.82) is 0 Å². The number of fused-ring (bicyclic) bond motifs is 3. The predicted molar refractivity (Wildman–Crippen MR) is 135 cm³/mol. The van der Waals surface area contributed by atoms with E-state index in [1.54, 1.807) is 6.07 Å². The summed E-state index contributed by atoms with van der Waals surface area (Å²) in [6, 6.07) is 36.3. The standard InChI is InChI=1S/C30H20N2O/c33-28-14-8-7-13-25(28)27-19-26(21-11-5-2-6-12-21)24-16-15-23-22(20-9-3-1-4-10-20)17-18-31-29(23)30(24)32-27/h1-19,33H. The number of hydrogen-bond acceptors (Lipinski definition) is 3. The summed E-state index contributed by atoms with van der Waals surface area (Å²) < 4.78 is 0. The van der Waals surface area contributed by atoms with Crippen molar-refractivity contribution in [3.8, 4) is 39.3 Å². The molecule has 3 heteroatoms. The summed E-state index contributed by atoms with van der Waals surface area (Å²) >= 11 is 0. The first-order valence-corrected chi connectivity index (χ1v) is 10.9. The molecule has 0 aliphatic rings. The summed E-state index contributed by atoms with van der Waals surface area (Å²) in [4.78, 5) is 9.80. The average Bonchev–Trinajstić information content (AvgIpc) is 2.89. The van der Waals surface area contributed by atoms with Crippen molar-refractivity contribution in [3.05, 3.63) is 115 Å². The van der Waals surface area contributed by atoms with Gasteiger partial charge in [-0.05, 0) is 46.5 Å². The minimum absolute atomic E-state index is 0.210. The monoisotopic (exact) mass is 424 g/mol. The Morgan fingerprint density at radius 3 is 1.82 bits per heavy atom. The summed E-state index contributed by atoms with van der Waals surface area (Å²) in [5.41, 5.74) is 7.52. The Labute approximate surface area is 191 Å². The van der Waals surface area contributed by atoms with Crippen LogP contribution in [-0.2, 0) is 0 Å². The summed E-state index contributed by atoms with van der Waals surface area (Å²) in [5.74, 6) is 0.210. The molecule has 4 aromatic carbocycles. The molecule has 0 amide bonds. The smallest absolute Gasteiger partial charge is 0.124 e. The normalized spacial score (nSPS) is 11.2. The van der Waals surface area contributed by atoms with E-state index in [9.17, 15) is 5.11 Å². The molecule has 0 unspecified atom stereocenters. The van der Waals surface area contributed by atoms with E-state index in [1.165, 1.54) is 0 Å². The van der Waals surface area contributed by atoms with Crippen LogP contribution in [0.4, 0.5) is 0 Å². The highest BCUT2D eigenvalue weighted by molar-refractivity contribution is 6.12. The number of nitrogens with zero attached hydrogens (tertiary/aromatic N) is 2. The molecule has 0 radical (unpaired) electrons. The molecule has 0 spiro atoms. The fraction of sp³-hybridized carbons (Fsp3) is 0. The molecule has 0 bridgehead atoms. The van der Waals surface area contributed by atoms with Crippen LogP contribution < -0.4 is 0 Å². The van der Waals surface area contributed by atoms with Gasteiger partial charge in [-0.1, -0.05) is 84.9 Å². The lowest BCUT2D eigenvalue weighted by molar-refractivity contribution is 0.477. The molecule has 0 saturated heterocycles. The van der Waals surface area contributed by atoms with Crippen LogP contribution >= 0.6 is 0 Å². The van der Waals surface area contributed by atoms with Crippen LogP contribution in [0.15, 0.2) is 115 Å². The van der Waals surface area contributed by atoms with Gasteiger partial charge < -0.3 is 5.11 Å². The molecule has 2 aromatic heterocycles. The third-order valence-electron chi connectivity index (χ3n) is 6.04. The lowest BCUT2D eigenvalue weighted by Gasteiger charge is -2.14. The van der Waals surface area contributed by atoms with Gasteiger partial charge in [-0.2, -0.15) is 0 Å². The van der Waals surface area contributed by atoms with Gasteiger partial charge in [0.1, 0.15) is 5.75 Å². The summed E-state index contributed by atoms with van der Waals surface area (Å²) in [6.07, 6.45) is 1.85. The number of aromatic nitrogens is 2. The summed E-state index contributed by atoms with van der Waals surface area (Å²) in [6.45, 7) is 0. The van der Waals surface area contributed by atoms with Crippen molar-refractivity contribution in [2.75, 3.05) is 0 Å². The summed E-state index contributed by atoms with van der Waals surface area (Å²) in [5, 5.41) is 12.6. The Hall–Kier alpha value is -4.50. The maximum absolute atomic E-state index is 10.5. The number of phenolic OH excluding ortho intramolecular Hbond substituents is 1. The van der Waals surface area contributed by atoms with Crippen LogP contribution in [0.2, 0.25) is 0 Å². The number of hydrogen-bond donors (Lipinski definition) is 1. The molecule has 0 fully saturated rings. The zero-order valence-corrected chi connectivity index (χ0v) is 17.8. The van der Waals surface area contributed by atoms with Crippen LogP contribution in [-0.4, -0.2) is 15.1 Å². The van der Waals surface area contributed by atoms with E-state index < -0.39 is 0 Å². The van der Waals surface area contributed by atoms with Gasteiger partial charge in [-0.3, -0.25) is 4.98 Å². The molecule has 0 aliphatic carbocycles. The number of rotatable bonds is 3. The van der Waals surface area contributed by atoms with Crippen molar-refractivity contribution in [2.24, 2.45) is 0 Å². The Balaban J connectivity index is 1.72. The van der Waals surface area contributed by atoms with Crippen molar-refractivity contribution < 1.29 is 5.11 Å². The quantitative estimate of drug-likeness (QED) is 0.299. The van der Waals surface area contributed by atoms with Gasteiger partial charge in [-0.25, -0.2) is 4.98 Å². The van der Waals surface area contributed by atoms with Crippen LogP contribution in [0.5, 0.6) is 5.75 Å². The molecule has 0 atom stereocenters. The fourth-order valence-electron chi connectivity index (χ4n) is 4.46. The first-order valence-electron chi connectivity index (χ1n) is 10.9. The van der Waals surface area contributed by atoms with E-state index in [0.717, 1.165) is 49.8 Å². The van der Waals surface area contributed by atoms with E-state index in [-0.39, 0.29) is 5.75 Å². The summed E-state index contributed by atoms with van der Waals surface area (Å²) in [7, 11) is 0. The van der Waals surface area contributed by atoms with Crippen LogP contribution in [0.25, 0.3) is 55.3 Å². The number of pyridine rings is 2. The van der Waals surface area contributed by atoms with Crippen molar-refractivity contribution >= 4 is 21.8 Å². The SMILES string of the molecule is Oc1ccccc1-c1cc(-c2ccccc2)c2ccc3c(-c4ccccc4)ccnc3c2n1. The van der Waals surface area contributed by atoms with E-state index in [4.69, 9.17) is 9.97 Å². The fourth-order valence-corrected chi connectivity index (χ4v) is 4.46. The van der Waals surface area contributed by atoms with Gasteiger partial charge in [0.15, 0.2) is 0 Å². The molecule has 33 heavy (non-hydrogen) atoms. The largest absolute Gasteiger partial charge is 0.507 e. The van der Waals surface area contributed by atoms with Crippen molar-refractivity contribution in [3.63, 3.8) is 0 Å². The maximum Gasteiger partial charge on any atom is 0.124 e. The zero-order chi connectivity index (χ0) is 22.2. The van der Waals surface area contributed by atoms with E-state index in [1.807, 2.05) is 60.8 Å². The van der Waals surface area contributed by atoms with Gasteiger partial charge in [0, 0.05) is 22.5 Å². The topological polar surface area (TPSA) is 46.0 Å². The van der Waals surface area contributed by atoms with Crippen molar-refractivity contribution in [1.82, 2.24) is 9.97 Å². The van der Waals surface area contributed by atoms with Gasteiger partial charge in [0.05, 0.1) is 16.7 Å².